The molecular weight excluding hydrogens is 262 g/mol. The Balaban J connectivity index is 1.93. The Morgan fingerprint density at radius 3 is 1.90 bits per heavy atom. The number of anilines is 1. The van der Waals surface area contributed by atoms with Crippen LogP contribution < -0.4 is 14.8 Å². The first-order valence-corrected chi connectivity index (χ1v) is 6.94. The molecule has 0 aliphatic rings. The molecule has 1 atom stereocenters. The molecular formula is C18H21NO2. The lowest BCUT2D eigenvalue weighted by Gasteiger charge is -2.11. The number of methoxy groups -OCH3 is 2. The third-order valence-electron chi connectivity index (χ3n) is 3.18. The Morgan fingerprint density at radius 2 is 1.38 bits per heavy atom. The molecule has 1 N–H and O–H groups in total. The molecule has 0 saturated carbocycles. The minimum atomic E-state index is 0.237. The molecule has 0 fully saturated rings. The standard InChI is InChI=1S/C18H21NO2/c1-14(19-16-8-12-18(21-3)13-9-16)4-5-15-6-10-17(20-2)11-7-15/h4-14,19H,1-3H3/b5-4+. The first-order valence-electron chi connectivity index (χ1n) is 6.94. The zero-order chi connectivity index (χ0) is 15.1. The fraction of sp³-hybridized carbons (Fsp3) is 0.222. The van der Waals surface area contributed by atoms with Crippen LogP contribution in [0.15, 0.2) is 54.6 Å². The van der Waals surface area contributed by atoms with E-state index in [9.17, 15) is 0 Å². The van der Waals surface area contributed by atoms with Crippen LogP contribution in [-0.2, 0) is 0 Å². The smallest absolute Gasteiger partial charge is 0.119 e. The summed E-state index contributed by atoms with van der Waals surface area (Å²) in [5, 5.41) is 3.42. The van der Waals surface area contributed by atoms with Gasteiger partial charge in [-0.2, -0.15) is 0 Å². The van der Waals surface area contributed by atoms with E-state index >= 15 is 0 Å². The summed E-state index contributed by atoms with van der Waals surface area (Å²) >= 11 is 0. The molecule has 0 saturated heterocycles. The molecule has 2 aromatic carbocycles. The second-order valence-corrected chi connectivity index (χ2v) is 4.79. The van der Waals surface area contributed by atoms with Crippen LogP contribution in [0.25, 0.3) is 6.08 Å². The fourth-order valence-electron chi connectivity index (χ4n) is 1.97. The van der Waals surface area contributed by atoms with Crippen LogP contribution in [0, 0.1) is 0 Å². The van der Waals surface area contributed by atoms with E-state index in [2.05, 4.69) is 24.4 Å². The molecule has 3 heteroatoms. The number of hydrogen-bond acceptors (Lipinski definition) is 3. The number of benzene rings is 2. The van der Waals surface area contributed by atoms with Crippen LogP contribution >= 0.6 is 0 Å². The zero-order valence-electron chi connectivity index (χ0n) is 12.7. The largest absolute Gasteiger partial charge is 0.497 e. The number of hydrogen-bond donors (Lipinski definition) is 1. The molecule has 0 amide bonds. The van der Waals surface area contributed by atoms with E-state index < -0.39 is 0 Å². The zero-order valence-corrected chi connectivity index (χ0v) is 12.7. The average molecular weight is 283 g/mol. The summed E-state index contributed by atoms with van der Waals surface area (Å²) in [4.78, 5) is 0. The Hall–Kier alpha value is -2.42. The highest BCUT2D eigenvalue weighted by Gasteiger charge is 1.98. The predicted molar refractivity (Wildman–Crippen MR) is 88.1 cm³/mol. The number of nitrogens with one attached hydrogen (secondary N) is 1. The van der Waals surface area contributed by atoms with Crippen molar-refractivity contribution in [1.82, 2.24) is 0 Å². The Morgan fingerprint density at radius 1 is 0.857 bits per heavy atom. The molecule has 0 aliphatic heterocycles. The molecule has 1 unspecified atom stereocenters. The van der Waals surface area contributed by atoms with E-state index in [4.69, 9.17) is 9.47 Å². The molecule has 21 heavy (non-hydrogen) atoms. The van der Waals surface area contributed by atoms with Crippen LogP contribution in [0.3, 0.4) is 0 Å². The molecule has 0 radical (unpaired) electrons. The van der Waals surface area contributed by atoms with Gasteiger partial charge in [-0.15, -0.1) is 0 Å². The van der Waals surface area contributed by atoms with E-state index in [0.717, 1.165) is 22.7 Å². The van der Waals surface area contributed by atoms with E-state index in [-0.39, 0.29) is 6.04 Å². The molecule has 0 heterocycles. The lowest BCUT2D eigenvalue weighted by atomic mass is 10.1. The summed E-state index contributed by atoms with van der Waals surface area (Å²) in [5.41, 5.74) is 2.22. The van der Waals surface area contributed by atoms with E-state index in [1.165, 1.54) is 0 Å². The van der Waals surface area contributed by atoms with E-state index in [1.807, 2.05) is 48.5 Å². The first kappa shape index (κ1) is 15.0. The third kappa shape index (κ3) is 4.56. The minimum absolute atomic E-state index is 0.237. The summed E-state index contributed by atoms with van der Waals surface area (Å²) in [6.07, 6.45) is 4.23. The maximum Gasteiger partial charge on any atom is 0.119 e. The Labute approximate surface area is 126 Å². The van der Waals surface area contributed by atoms with Crippen molar-refractivity contribution in [2.45, 2.75) is 13.0 Å². The van der Waals surface area contributed by atoms with E-state index in [0.29, 0.717) is 0 Å². The molecule has 110 valence electrons. The third-order valence-corrected chi connectivity index (χ3v) is 3.18. The summed E-state index contributed by atoms with van der Waals surface area (Å²) in [5.74, 6) is 1.73. The fourth-order valence-corrected chi connectivity index (χ4v) is 1.97. The van der Waals surface area contributed by atoms with Crippen LogP contribution in [0.1, 0.15) is 12.5 Å². The Bertz CT molecular complexity index is 573. The molecule has 0 aliphatic carbocycles. The topological polar surface area (TPSA) is 30.5 Å². The maximum atomic E-state index is 5.15. The second kappa shape index (κ2) is 7.39. The Kier molecular flexibility index (Phi) is 5.27. The summed E-state index contributed by atoms with van der Waals surface area (Å²) in [6, 6.07) is 16.1. The number of rotatable bonds is 6. The highest BCUT2D eigenvalue weighted by molar-refractivity contribution is 5.53. The van der Waals surface area contributed by atoms with Crippen LogP contribution in [0.5, 0.6) is 11.5 Å². The summed E-state index contributed by atoms with van der Waals surface area (Å²) in [7, 11) is 3.34. The lowest BCUT2D eigenvalue weighted by molar-refractivity contribution is 0.414. The molecule has 0 spiro atoms. The van der Waals surface area contributed by atoms with Crippen molar-refractivity contribution in [3.05, 3.63) is 60.2 Å². The van der Waals surface area contributed by atoms with Crippen LogP contribution in [-0.4, -0.2) is 20.3 Å². The quantitative estimate of drug-likeness (QED) is 0.861. The molecule has 2 aromatic rings. The van der Waals surface area contributed by atoms with Crippen molar-refractivity contribution in [3.8, 4) is 11.5 Å². The lowest BCUT2D eigenvalue weighted by Crippen LogP contribution is -2.11. The van der Waals surface area contributed by atoms with Gasteiger partial charge in [-0.3, -0.25) is 0 Å². The number of ether oxygens (including phenoxy) is 2. The van der Waals surface area contributed by atoms with Gasteiger partial charge in [0, 0.05) is 11.7 Å². The molecule has 0 aromatic heterocycles. The van der Waals surface area contributed by atoms with Crippen molar-refractivity contribution >= 4 is 11.8 Å². The highest BCUT2D eigenvalue weighted by Crippen LogP contribution is 2.16. The van der Waals surface area contributed by atoms with Gasteiger partial charge in [-0.25, -0.2) is 0 Å². The van der Waals surface area contributed by atoms with Gasteiger partial charge < -0.3 is 14.8 Å². The average Bonchev–Trinajstić information content (AvgIpc) is 2.54. The maximum absolute atomic E-state index is 5.15. The van der Waals surface area contributed by atoms with Gasteiger partial charge in [0.25, 0.3) is 0 Å². The van der Waals surface area contributed by atoms with Crippen LogP contribution in [0.4, 0.5) is 5.69 Å². The van der Waals surface area contributed by atoms with Crippen molar-refractivity contribution in [2.24, 2.45) is 0 Å². The van der Waals surface area contributed by atoms with Gasteiger partial charge in [-0.1, -0.05) is 24.3 Å². The monoisotopic (exact) mass is 283 g/mol. The SMILES string of the molecule is COc1ccc(/C=C/C(C)Nc2ccc(OC)cc2)cc1. The van der Waals surface area contributed by atoms with Crippen LogP contribution in [0.2, 0.25) is 0 Å². The normalized spacial score (nSPS) is 12.1. The van der Waals surface area contributed by atoms with Gasteiger partial charge >= 0.3 is 0 Å². The predicted octanol–water partition coefficient (Wildman–Crippen LogP) is 4.22. The molecule has 3 nitrogen and oxygen atoms in total. The van der Waals surface area contributed by atoms with Crippen molar-refractivity contribution in [2.75, 3.05) is 19.5 Å². The van der Waals surface area contributed by atoms with Gasteiger partial charge in [0.1, 0.15) is 11.5 Å². The van der Waals surface area contributed by atoms with Gasteiger partial charge in [-0.05, 0) is 48.9 Å². The van der Waals surface area contributed by atoms with Gasteiger partial charge in [0.2, 0.25) is 0 Å². The summed E-state index contributed by atoms with van der Waals surface area (Å²) < 4.78 is 10.3. The minimum Gasteiger partial charge on any atom is -0.497 e. The second-order valence-electron chi connectivity index (χ2n) is 4.79. The van der Waals surface area contributed by atoms with Crippen molar-refractivity contribution in [3.63, 3.8) is 0 Å². The highest BCUT2D eigenvalue weighted by atomic mass is 16.5. The van der Waals surface area contributed by atoms with Crippen molar-refractivity contribution < 1.29 is 9.47 Å². The molecule has 0 bridgehead atoms. The van der Waals surface area contributed by atoms with E-state index in [1.54, 1.807) is 14.2 Å². The van der Waals surface area contributed by atoms with Crippen molar-refractivity contribution in [1.29, 1.82) is 0 Å². The van der Waals surface area contributed by atoms with Gasteiger partial charge in [0.05, 0.1) is 14.2 Å². The molecule has 2 rings (SSSR count). The first-order chi connectivity index (χ1) is 10.2. The summed E-state index contributed by atoms with van der Waals surface area (Å²) in [6.45, 7) is 2.12. The van der Waals surface area contributed by atoms with Gasteiger partial charge in [0.15, 0.2) is 0 Å².